The number of nitrogens with one attached hydrogen (secondary N) is 1. The molecule has 3 N–H and O–H groups in total. The molecular formula is C15H22N2O3. The number of nitrogens with two attached hydrogens (primary N) is 1. The monoisotopic (exact) mass is 278 g/mol. The van der Waals surface area contributed by atoms with Crippen LogP contribution in [0.25, 0.3) is 0 Å². The molecule has 0 bridgehead atoms. The first-order chi connectivity index (χ1) is 9.45. The number of ether oxygens (including phenoxy) is 1. The summed E-state index contributed by atoms with van der Waals surface area (Å²) in [6.07, 6.45) is 0.148. The number of benzene rings is 1. The maximum atomic E-state index is 12.1. The minimum Gasteiger partial charge on any atom is -0.469 e. The van der Waals surface area contributed by atoms with Gasteiger partial charge in [-0.15, -0.1) is 0 Å². The van der Waals surface area contributed by atoms with Crippen LogP contribution in [0.5, 0.6) is 0 Å². The van der Waals surface area contributed by atoms with E-state index in [0.29, 0.717) is 0 Å². The molecule has 1 aromatic carbocycles. The fourth-order valence-electron chi connectivity index (χ4n) is 1.89. The van der Waals surface area contributed by atoms with Crippen LogP contribution in [0, 0.1) is 5.92 Å². The molecule has 1 rings (SSSR count). The van der Waals surface area contributed by atoms with E-state index in [0.717, 1.165) is 5.56 Å². The van der Waals surface area contributed by atoms with E-state index in [1.807, 2.05) is 30.3 Å². The average molecular weight is 278 g/mol. The van der Waals surface area contributed by atoms with Crippen LogP contribution in [0.4, 0.5) is 0 Å². The molecule has 20 heavy (non-hydrogen) atoms. The van der Waals surface area contributed by atoms with Gasteiger partial charge in [-0.25, -0.2) is 0 Å². The van der Waals surface area contributed by atoms with Crippen LogP contribution < -0.4 is 11.1 Å². The largest absolute Gasteiger partial charge is 0.469 e. The van der Waals surface area contributed by atoms with Crippen LogP contribution in [-0.2, 0) is 14.3 Å². The molecule has 1 amide bonds. The van der Waals surface area contributed by atoms with E-state index in [2.05, 4.69) is 10.1 Å². The molecule has 0 aromatic heterocycles. The fraction of sp³-hybridized carbons (Fsp3) is 0.467. The molecule has 3 unspecified atom stereocenters. The third-order valence-electron chi connectivity index (χ3n) is 3.23. The molecule has 0 saturated carbocycles. The summed E-state index contributed by atoms with van der Waals surface area (Å²) in [6.45, 7) is 3.54. The lowest BCUT2D eigenvalue weighted by Gasteiger charge is -2.22. The number of hydrogen-bond donors (Lipinski definition) is 2. The highest BCUT2D eigenvalue weighted by Crippen LogP contribution is 2.19. The van der Waals surface area contributed by atoms with Gasteiger partial charge in [-0.3, -0.25) is 9.59 Å². The highest BCUT2D eigenvalue weighted by molar-refractivity contribution is 5.80. The Hall–Kier alpha value is -1.88. The molecule has 5 heteroatoms. The molecule has 0 aliphatic rings. The van der Waals surface area contributed by atoms with Crippen LogP contribution in [0.3, 0.4) is 0 Å². The maximum absolute atomic E-state index is 12.1. The van der Waals surface area contributed by atoms with Crippen LogP contribution >= 0.6 is 0 Å². The highest BCUT2D eigenvalue weighted by atomic mass is 16.5. The summed E-state index contributed by atoms with van der Waals surface area (Å²) in [5, 5.41) is 2.78. The van der Waals surface area contributed by atoms with Crippen molar-refractivity contribution in [1.29, 1.82) is 0 Å². The number of esters is 1. The minimum absolute atomic E-state index is 0.148. The SMILES string of the molecule is COC(=O)CC(C)NC(=O)C(C)C(N)c1ccccc1. The normalized spacial score (nSPS) is 15.0. The molecule has 0 heterocycles. The molecule has 0 saturated heterocycles. The zero-order chi connectivity index (χ0) is 15.1. The van der Waals surface area contributed by atoms with Gasteiger partial charge in [0.25, 0.3) is 0 Å². The van der Waals surface area contributed by atoms with Crippen molar-refractivity contribution in [3.05, 3.63) is 35.9 Å². The molecule has 5 nitrogen and oxygen atoms in total. The molecule has 0 aliphatic carbocycles. The van der Waals surface area contributed by atoms with Gasteiger partial charge in [-0.1, -0.05) is 37.3 Å². The summed E-state index contributed by atoms with van der Waals surface area (Å²) in [7, 11) is 1.32. The summed E-state index contributed by atoms with van der Waals surface area (Å²) in [5.41, 5.74) is 7.00. The summed E-state index contributed by atoms with van der Waals surface area (Å²) >= 11 is 0. The van der Waals surface area contributed by atoms with Crippen LogP contribution in [0.1, 0.15) is 31.9 Å². The van der Waals surface area contributed by atoms with E-state index in [1.54, 1.807) is 13.8 Å². The number of methoxy groups -OCH3 is 1. The highest BCUT2D eigenvalue weighted by Gasteiger charge is 2.23. The Morgan fingerprint density at radius 2 is 1.85 bits per heavy atom. The van der Waals surface area contributed by atoms with Crippen molar-refractivity contribution >= 4 is 11.9 Å². The zero-order valence-electron chi connectivity index (χ0n) is 12.1. The van der Waals surface area contributed by atoms with Gasteiger partial charge in [0.1, 0.15) is 0 Å². The topological polar surface area (TPSA) is 81.4 Å². The van der Waals surface area contributed by atoms with E-state index in [1.165, 1.54) is 7.11 Å². The second-order valence-electron chi connectivity index (χ2n) is 4.92. The standard InChI is InChI=1S/C15H22N2O3/c1-10(9-13(18)20-3)17-15(19)11(2)14(16)12-7-5-4-6-8-12/h4-8,10-11,14H,9,16H2,1-3H3,(H,17,19). The molecule has 0 aliphatic heterocycles. The second kappa shape index (κ2) is 7.65. The van der Waals surface area contributed by atoms with Gasteiger partial charge in [0, 0.05) is 12.1 Å². The summed E-state index contributed by atoms with van der Waals surface area (Å²) in [5.74, 6) is -0.895. The third kappa shape index (κ3) is 4.66. The maximum Gasteiger partial charge on any atom is 0.307 e. The summed E-state index contributed by atoms with van der Waals surface area (Å²) < 4.78 is 4.56. The van der Waals surface area contributed by atoms with Gasteiger partial charge in [0.2, 0.25) is 5.91 Å². The second-order valence-corrected chi connectivity index (χ2v) is 4.92. The Kier molecular flexibility index (Phi) is 6.18. The van der Waals surface area contributed by atoms with E-state index < -0.39 is 0 Å². The smallest absolute Gasteiger partial charge is 0.307 e. The Morgan fingerprint density at radius 1 is 1.25 bits per heavy atom. The predicted molar refractivity (Wildman–Crippen MR) is 76.8 cm³/mol. The summed E-state index contributed by atoms with van der Waals surface area (Å²) in [6, 6.07) is 8.82. The fourth-order valence-corrected chi connectivity index (χ4v) is 1.89. The lowest BCUT2D eigenvalue weighted by Crippen LogP contribution is -2.41. The van der Waals surface area contributed by atoms with Crippen molar-refractivity contribution in [2.75, 3.05) is 7.11 Å². The molecule has 0 spiro atoms. The number of rotatable bonds is 6. The molecule has 0 radical (unpaired) electrons. The molecular weight excluding hydrogens is 256 g/mol. The Balaban J connectivity index is 2.56. The van der Waals surface area contributed by atoms with E-state index in [4.69, 9.17) is 5.73 Å². The quantitative estimate of drug-likeness (QED) is 0.770. The minimum atomic E-state index is -0.377. The lowest BCUT2D eigenvalue weighted by molar-refractivity contribution is -0.141. The van der Waals surface area contributed by atoms with E-state index in [9.17, 15) is 9.59 Å². The summed E-state index contributed by atoms with van der Waals surface area (Å²) in [4.78, 5) is 23.2. The van der Waals surface area contributed by atoms with E-state index >= 15 is 0 Å². The van der Waals surface area contributed by atoms with Gasteiger partial charge < -0.3 is 15.8 Å². The van der Waals surface area contributed by atoms with Gasteiger partial charge >= 0.3 is 5.97 Å². The van der Waals surface area contributed by atoms with Crippen molar-refractivity contribution in [1.82, 2.24) is 5.32 Å². The van der Waals surface area contributed by atoms with Crippen molar-refractivity contribution < 1.29 is 14.3 Å². The van der Waals surface area contributed by atoms with Crippen molar-refractivity contribution in [3.63, 3.8) is 0 Å². The van der Waals surface area contributed by atoms with E-state index in [-0.39, 0.29) is 36.3 Å². The number of amides is 1. The number of hydrogen-bond acceptors (Lipinski definition) is 4. The molecule has 1 aromatic rings. The van der Waals surface area contributed by atoms with Crippen molar-refractivity contribution in [3.8, 4) is 0 Å². The van der Waals surface area contributed by atoms with Gasteiger partial charge in [-0.2, -0.15) is 0 Å². The van der Waals surface area contributed by atoms with Crippen molar-refractivity contribution in [2.45, 2.75) is 32.4 Å². The van der Waals surface area contributed by atoms with Gasteiger partial charge in [-0.05, 0) is 12.5 Å². The van der Waals surface area contributed by atoms with Crippen LogP contribution in [-0.4, -0.2) is 25.0 Å². The first kappa shape index (κ1) is 16.2. The number of carbonyl (C=O) groups excluding carboxylic acids is 2. The Morgan fingerprint density at radius 3 is 2.40 bits per heavy atom. The molecule has 0 fully saturated rings. The Bertz CT molecular complexity index is 448. The van der Waals surface area contributed by atoms with Gasteiger partial charge in [0.05, 0.1) is 19.4 Å². The van der Waals surface area contributed by atoms with Crippen LogP contribution in [0.15, 0.2) is 30.3 Å². The first-order valence-electron chi connectivity index (χ1n) is 6.63. The van der Waals surface area contributed by atoms with Crippen molar-refractivity contribution in [2.24, 2.45) is 11.7 Å². The third-order valence-corrected chi connectivity index (χ3v) is 3.23. The first-order valence-corrected chi connectivity index (χ1v) is 6.63. The number of carbonyl (C=O) groups is 2. The average Bonchev–Trinajstić information content (AvgIpc) is 2.46. The predicted octanol–water partition coefficient (Wildman–Crippen LogP) is 1.39. The molecule has 3 atom stereocenters. The van der Waals surface area contributed by atoms with Crippen LogP contribution in [0.2, 0.25) is 0 Å². The zero-order valence-corrected chi connectivity index (χ0v) is 12.1. The Labute approximate surface area is 119 Å². The lowest BCUT2D eigenvalue weighted by atomic mass is 9.94. The molecule has 110 valence electrons. The van der Waals surface area contributed by atoms with Gasteiger partial charge in [0.15, 0.2) is 0 Å².